The zero-order valence-electron chi connectivity index (χ0n) is 13.2. The van der Waals surface area contributed by atoms with Gasteiger partial charge in [-0.15, -0.1) is 0 Å². The highest BCUT2D eigenvalue weighted by molar-refractivity contribution is 6.03. The van der Waals surface area contributed by atoms with E-state index in [9.17, 15) is 9.90 Å². The van der Waals surface area contributed by atoms with Crippen molar-refractivity contribution in [1.82, 2.24) is 0 Å². The number of hydrogen-bond donors (Lipinski definition) is 1. The molecule has 0 heterocycles. The van der Waals surface area contributed by atoms with Crippen LogP contribution in [-0.2, 0) is 4.79 Å². The van der Waals surface area contributed by atoms with Crippen LogP contribution in [-0.4, -0.2) is 23.8 Å². The molecule has 0 aromatic heterocycles. The summed E-state index contributed by atoms with van der Waals surface area (Å²) in [4.78, 5) is 15.6. The van der Waals surface area contributed by atoms with Gasteiger partial charge in [0.15, 0.2) is 0 Å². The minimum Gasteiger partial charge on any atom is -0.481 e. The molecule has 3 heteroatoms. The third-order valence-corrected chi connectivity index (χ3v) is 3.78. The maximum absolute atomic E-state index is 11.3. The average Bonchev–Trinajstić information content (AvgIpc) is 2.53. The molecule has 2 aromatic carbocycles. The van der Waals surface area contributed by atoms with Crippen molar-refractivity contribution >= 4 is 11.7 Å². The largest absolute Gasteiger partial charge is 0.481 e. The standard InChI is InChI=1S/C19H21NO2/c1-19(2,18(21)22)13-17(20-3)16-11-9-15(10-12-16)14-7-5-4-6-8-14/h4-12H,13H2,1-3H3,(H,21,22). The molecule has 0 spiro atoms. The van der Waals surface area contributed by atoms with Crippen LogP contribution >= 0.6 is 0 Å². The fraction of sp³-hybridized carbons (Fsp3) is 0.263. The molecular formula is C19H21NO2. The van der Waals surface area contributed by atoms with Crippen molar-refractivity contribution in [3.63, 3.8) is 0 Å². The number of nitrogens with zero attached hydrogens (tertiary/aromatic N) is 1. The fourth-order valence-corrected chi connectivity index (χ4v) is 2.29. The van der Waals surface area contributed by atoms with Crippen molar-refractivity contribution in [2.75, 3.05) is 7.05 Å². The number of benzene rings is 2. The predicted octanol–water partition coefficient (Wildman–Crippen LogP) is 4.27. The van der Waals surface area contributed by atoms with Crippen molar-refractivity contribution < 1.29 is 9.90 Å². The number of aliphatic carboxylic acids is 1. The number of aliphatic imine (C=N–C) groups is 1. The Bertz CT molecular complexity index is 670. The number of carbonyl (C=O) groups is 1. The summed E-state index contributed by atoms with van der Waals surface area (Å²) in [6.07, 6.45) is 0.406. The van der Waals surface area contributed by atoms with E-state index in [1.54, 1.807) is 20.9 Å². The van der Waals surface area contributed by atoms with Gasteiger partial charge in [0.1, 0.15) is 0 Å². The predicted molar refractivity (Wildman–Crippen MR) is 90.4 cm³/mol. The van der Waals surface area contributed by atoms with E-state index in [4.69, 9.17) is 0 Å². The molecule has 0 amide bonds. The van der Waals surface area contributed by atoms with E-state index < -0.39 is 11.4 Å². The molecule has 0 saturated carbocycles. The lowest BCUT2D eigenvalue weighted by atomic mass is 9.85. The van der Waals surface area contributed by atoms with Crippen LogP contribution in [0.2, 0.25) is 0 Å². The van der Waals surface area contributed by atoms with Gasteiger partial charge in [0, 0.05) is 19.2 Å². The molecule has 0 bridgehead atoms. The lowest BCUT2D eigenvalue weighted by Crippen LogP contribution is -2.27. The Hall–Kier alpha value is -2.42. The highest BCUT2D eigenvalue weighted by atomic mass is 16.4. The summed E-state index contributed by atoms with van der Waals surface area (Å²) in [6, 6.07) is 18.2. The van der Waals surface area contributed by atoms with Crippen LogP contribution in [0.5, 0.6) is 0 Å². The molecule has 0 atom stereocenters. The number of carboxylic acids is 1. The summed E-state index contributed by atoms with van der Waals surface area (Å²) in [6.45, 7) is 3.44. The highest BCUT2D eigenvalue weighted by Crippen LogP contribution is 2.25. The molecule has 0 radical (unpaired) electrons. The maximum atomic E-state index is 11.3. The number of carboxylic acid groups (broad SMARTS) is 1. The van der Waals surface area contributed by atoms with Gasteiger partial charge in [0.2, 0.25) is 0 Å². The van der Waals surface area contributed by atoms with Crippen LogP contribution < -0.4 is 0 Å². The Kier molecular flexibility index (Phi) is 4.76. The second-order valence-electron chi connectivity index (χ2n) is 5.98. The Balaban J connectivity index is 2.24. The van der Waals surface area contributed by atoms with Gasteiger partial charge >= 0.3 is 5.97 Å². The van der Waals surface area contributed by atoms with Crippen LogP contribution in [0.25, 0.3) is 11.1 Å². The smallest absolute Gasteiger partial charge is 0.309 e. The van der Waals surface area contributed by atoms with Crippen molar-refractivity contribution in [2.24, 2.45) is 10.4 Å². The molecule has 3 nitrogen and oxygen atoms in total. The summed E-state index contributed by atoms with van der Waals surface area (Å²) in [5.41, 5.74) is 3.25. The lowest BCUT2D eigenvalue weighted by molar-refractivity contribution is -0.146. The van der Waals surface area contributed by atoms with Crippen LogP contribution in [0.1, 0.15) is 25.8 Å². The molecule has 0 saturated heterocycles. The number of hydrogen-bond acceptors (Lipinski definition) is 2. The van der Waals surface area contributed by atoms with Gasteiger partial charge in [0.05, 0.1) is 5.41 Å². The monoisotopic (exact) mass is 295 g/mol. The SMILES string of the molecule is CN=C(CC(C)(C)C(=O)O)c1ccc(-c2ccccc2)cc1. The van der Waals surface area contributed by atoms with E-state index in [2.05, 4.69) is 17.1 Å². The molecule has 1 N–H and O–H groups in total. The molecule has 0 aliphatic carbocycles. The minimum absolute atomic E-state index is 0.406. The number of rotatable bonds is 5. The zero-order chi connectivity index (χ0) is 16.2. The molecule has 114 valence electrons. The van der Waals surface area contributed by atoms with Gasteiger partial charge in [-0.3, -0.25) is 9.79 Å². The Labute approximate surface area is 131 Å². The third kappa shape index (κ3) is 3.61. The van der Waals surface area contributed by atoms with E-state index >= 15 is 0 Å². The quantitative estimate of drug-likeness (QED) is 0.837. The molecule has 2 rings (SSSR count). The van der Waals surface area contributed by atoms with E-state index in [1.165, 1.54) is 0 Å². The van der Waals surface area contributed by atoms with Crippen LogP contribution in [0, 0.1) is 5.41 Å². The summed E-state index contributed by atoms with van der Waals surface area (Å²) < 4.78 is 0. The Morgan fingerprint density at radius 1 is 1.00 bits per heavy atom. The van der Waals surface area contributed by atoms with E-state index in [0.29, 0.717) is 6.42 Å². The van der Waals surface area contributed by atoms with Gasteiger partial charge < -0.3 is 5.11 Å². The van der Waals surface area contributed by atoms with Gasteiger partial charge in [-0.1, -0.05) is 54.6 Å². The van der Waals surface area contributed by atoms with Gasteiger partial charge in [0.25, 0.3) is 0 Å². The fourth-order valence-electron chi connectivity index (χ4n) is 2.29. The third-order valence-electron chi connectivity index (χ3n) is 3.78. The summed E-state index contributed by atoms with van der Waals surface area (Å²) in [7, 11) is 1.71. The minimum atomic E-state index is -0.826. The first kappa shape index (κ1) is 16.0. The van der Waals surface area contributed by atoms with E-state index in [-0.39, 0.29) is 0 Å². The molecular weight excluding hydrogens is 274 g/mol. The van der Waals surface area contributed by atoms with E-state index in [1.807, 2.05) is 42.5 Å². The highest BCUT2D eigenvalue weighted by Gasteiger charge is 2.29. The van der Waals surface area contributed by atoms with Crippen LogP contribution in [0.4, 0.5) is 0 Å². The van der Waals surface area contributed by atoms with Gasteiger partial charge in [-0.25, -0.2) is 0 Å². The second-order valence-corrected chi connectivity index (χ2v) is 5.98. The van der Waals surface area contributed by atoms with E-state index in [0.717, 1.165) is 22.4 Å². The Morgan fingerprint density at radius 2 is 1.55 bits per heavy atom. The topological polar surface area (TPSA) is 49.7 Å². The summed E-state index contributed by atoms with van der Waals surface area (Å²) in [5, 5.41) is 9.27. The van der Waals surface area contributed by atoms with Crippen molar-refractivity contribution in [3.05, 3.63) is 60.2 Å². The molecule has 22 heavy (non-hydrogen) atoms. The lowest BCUT2D eigenvalue weighted by Gasteiger charge is -2.20. The maximum Gasteiger partial charge on any atom is 0.309 e. The summed E-state index contributed by atoms with van der Waals surface area (Å²) >= 11 is 0. The van der Waals surface area contributed by atoms with Crippen molar-refractivity contribution in [2.45, 2.75) is 20.3 Å². The first-order valence-corrected chi connectivity index (χ1v) is 7.29. The normalized spacial score (nSPS) is 12.2. The second kappa shape index (κ2) is 6.56. The van der Waals surface area contributed by atoms with Crippen LogP contribution in [0.3, 0.4) is 0 Å². The molecule has 0 aliphatic rings. The molecule has 0 aliphatic heterocycles. The van der Waals surface area contributed by atoms with Crippen molar-refractivity contribution in [3.8, 4) is 11.1 Å². The molecule has 0 unspecified atom stereocenters. The average molecular weight is 295 g/mol. The first-order chi connectivity index (χ1) is 10.4. The van der Waals surface area contributed by atoms with Crippen LogP contribution in [0.15, 0.2) is 59.6 Å². The summed E-state index contributed by atoms with van der Waals surface area (Å²) in [5.74, 6) is -0.811. The van der Waals surface area contributed by atoms with Gasteiger partial charge in [-0.2, -0.15) is 0 Å². The van der Waals surface area contributed by atoms with Crippen molar-refractivity contribution in [1.29, 1.82) is 0 Å². The molecule has 2 aromatic rings. The Morgan fingerprint density at radius 3 is 2.05 bits per heavy atom. The van der Waals surface area contributed by atoms with Gasteiger partial charge in [-0.05, 0) is 30.5 Å². The first-order valence-electron chi connectivity index (χ1n) is 7.29. The zero-order valence-corrected chi connectivity index (χ0v) is 13.2. The molecule has 0 fully saturated rings.